The second kappa shape index (κ2) is 16.6. The van der Waals surface area contributed by atoms with Gasteiger partial charge in [-0.2, -0.15) is 13.2 Å². The number of nitrogens with zero attached hydrogens (tertiary/aromatic N) is 2. The van der Waals surface area contributed by atoms with Crippen molar-refractivity contribution in [3.63, 3.8) is 0 Å². The fourth-order valence-corrected chi connectivity index (χ4v) is 2.73. The smallest absolute Gasteiger partial charge is 0.367 e. The average molecular weight is 544 g/mol. The predicted molar refractivity (Wildman–Crippen MR) is 127 cm³/mol. The van der Waals surface area contributed by atoms with E-state index in [1.54, 1.807) is 19.2 Å². The Balaban J connectivity index is 0.00000841. The zero-order valence-corrected chi connectivity index (χ0v) is 20.6. The summed E-state index contributed by atoms with van der Waals surface area (Å²) in [5.74, 6) is 0.746. The lowest BCUT2D eigenvalue weighted by atomic mass is 10.1. The van der Waals surface area contributed by atoms with Crippen molar-refractivity contribution in [2.24, 2.45) is 4.99 Å². The first-order chi connectivity index (χ1) is 13.8. The summed E-state index contributed by atoms with van der Waals surface area (Å²) in [5.41, 5.74) is 1.74. The van der Waals surface area contributed by atoms with Gasteiger partial charge in [0.05, 0.1) is 6.61 Å². The molecule has 0 bridgehead atoms. The fourth-order valence-electron chi connectivity index (χ4n) is 2.73. The highest BCUT2D eigenvalue weighted by atomic mass is 127. The summed E-state index contributed by atoms with van der Waals surface area (Å²) < 4.78 is 40.9. The van der Waals surface area contributed by atoms with Gasteiger partial charge in [0.15, 0.2) is 5.96 Å². The maximum Gasteiger partial charge on any atom is 0.411 e. The molecule has 0 spiro atoms. The number of unbranched alkanes of at least 4 members (excludes halogenated alkanes) is 4. The molecule has 0 unspecified atom stereocenters. The van der Waals surface area contributed by atoms with E-state index in [2.05, 4.69) is 39.4 Å². The van der Waals surface area contributed by atoms with Crippen LogP contribution >= 0.6 is 24.0 Å². The number of halogens is 4. The quantitative estimate of drug-likeness (QED) is 0.166. The highest BCUT2D eigenvalue weighted by molar-refractivity contribution is 14.0. The van der Waals surface area contributed by atoms with Gasteiger partial charge in [0.2, 0.25) is 0 Å². The first-order valence-corrected chi connectivity index (χ1v) is 10.1. The van der Waals surface area contributed by atoms with E-state index in [9.17, 15) is 13.2 Å². The summed E-state index contributed by atoms with van der Waals surface area (Å²) in [5, 5.41) is 6.55. The van der Waals surface area contributed by atoms with Gasteiger partial charge in [-0.15, -0.1) is 24.0 Å². The molecule has 1 rings (SSSR count). The van der Waals surface area contributed by atoms with E-state index >= 15 is 0 Å². The molecule has 0 fully saturated rings. The minimum atomic E-state index is -4.29. The molecule has 0 heterocycles. The van der Waals surface area contributed by atoms with E-state index in [0.717, 1.165) is 31.0 Å². The van der Waals surface area contributed by atoms with Crippen molar-refractivity contribution in [3.8, 4) is 0 Å². The SMILES string of the molecule is CN=C(NCCCCCCCN(C)C)NCc1ccc(COCC(F)(F)F)cc1.I. The van der Waals surface area contributed by atoms with Crippen molar-refractivity contribution in [2.75, 3.05) is 40.8 Å². The Kier molecular flexibility index (Phi) is 16.0. The molecule has 0 amide bonds. The number of hydrogen-bond acceptors (Lipinski definition) is 3. The number of rotatable bonds is 13. The third kappa shape index (κ3) is 15.7. The summed E-state index contributed by atoms with van der Waals surface area (Å²) in [6.45, 7) is 1.34. The van der Waals surface area contributed by atoms with Gasteiger partial charge in [-0.1, -0.05) is 43.5 Å². The van der Waals surface area contributed by atoms with Crippen LogP contribution in [0.25, 0.3) is 0 Å². The molecule has 5 nitrogen and oxygen atoms in total. The van der Waals surface area contributed by atoms with Gasteiger partial charge in [-0.3, -0.25) is 4.99 Å². The third-order valence-corrected chi connectivity index (χ3v) is 4.32. The van der Waals surface area contributed by atoms with Gasteiger partial charge in [0.25, 0.3) is 0 Å². The van der Waals surface area contributed by atoms with Crippen LogP contribution in [0.4, 0.5) is 13.2 Å². The molecular weight excluding hydrogens is 508 g/mol. The zero-order valence-electron chi connectivity index (χ0n) is 18.2. The van der Waals surface area contributed by atoms with Crippen molar-refractivity contribution in [3.05, 3.63) is 35.4 Å². The second-order valence-corrected chi connectivity index (χ2v) is 7.35. The molecule has 0 aliphatic heterocycles. The van der Waals surface area contributed by atoms with Crippen LogP contribution in [0.5, 0.6) is 0 Å². The molecule has 1 aromatic rings. The average Bonchev–Trinajstić information content (AvgIpc) is 2.66. The largest absolute Gasteiger partial charge is 0.411 e. The van der Waals surface area contributed by atoms with E-state index in [4.69, 9.17) is 0 Å². The Morgan fingerprint density at radius 3 is 2.17 bits per heavy atom. The van der Waals surface area contributed by atoms with Crippen LogP contribution in [0, 0.1) is 0 Å². The molecule has 30 heavy (non-hydrogen) atoms. The van der Waals surface area contributed by atoms with Gasteiger partial charge >= 0.3 is 6.18 Å². The highest BCUT2D eigenvalue weighted by Gasteiger charge is 2.27. The monoisotopic (exact) mass is 544 g/mol. The van der Waals surface area contributed by atoms with Crippen LogP contribution in [0.15, 0.2) is 29.3 Å². The topological polar surface area (TPSA) is 48.9 Å². The van der Waals surface area contributed by atoms with E-state index in [1.165, 1.54) is 25.7 Å². The number of alkyl halides is 3. The molecule has 0 radical (unpaired) electrons. The molecule has 9 heteroatoms. The Morgan fingerprint density at radius 2 is 1.57 bits per heavy atom. The predicted octanol–water partition coefficient (Wildman–Crippen LogP) is 4.56. The molecule has 174 valence electrons. The lowest BCUT2D eigenvalue weighted by Crippen LogP contribution is -2.37. The van der Waals surface area contributed by atoms with Gasteiger partial charge in [0.1, 0.15) is 6.61 Å². The number of hydrogen-bond donors (Lipinski definition) is 2. The zero-order chi connectivity index (χ0) is 21.5. The standard InChI is InChI=1S/C21H35F3N4O.HI/c1-25-20(26-13-7-5-4-6-8-14-28(2)3)27-15-18-9-11-19(12-10-18)16-29-17-21(22,23)24;/h9-12H,4-8,13-17H2,1-3H3,(H2,25,26,27);1H. The van der Waals surface area contributed by atoms with Crippen molar-refractivity contribution in [1.29, 1.82) is 0 Å². The summed E-state index contributed by atoms with van der Waals surface area (Å²) in [6.07, 6.45) is 1.78. The van der Waals surface area contributed by atoms with Crippen LogP contribution in [0.2, 0.25) is 0 Å². The van der Waals surface area contributed by atoms with Crippen LogP contribution in [0.1, 0.15) is 43.2 Å². The molecule has 0 atom stereocenters. The van der Waals surface area contributed by atoms with Crippen molar-refractivity contribution >= 4 is 29.9 Å². The van der Waals surface area contributed by atoms with E-state index in [1.807, 2.05) is 12.1 Å². The Hall–Kier alpha value is -1.07. The van der Waals surface area contributed by atoms with Crippen molar-refractivity contribution < 1.29 is 17.9 Å². The lowest BCUT2D eigenvalue weighted by molar-refractivity contribution is -0.176. The minimum Gasteiger partial charge on any atom is -0.367 e. The summed E-state index contributed by atoms with van der Waals surface area (Å²) >= 11 is 0. The molecule has 0 aliphatic rings. The molecular formula is C21H36F3IN4O. The van der Waals surface area contributed by atoms with Crippen LogP contribution < -0.4 is 10.6 Å². The Morgan fingerprint density at radius 1 is 0.967 bits per heavy atom. The van der Waals surface area contributed by atoms with Crippen molar-refractivity contribution in [2.45, 2.75) is 51.4 Å². The Bertz CT molecular complexity index is 581. The number of ether oxygens (including phenoxy) is 1. The number of nitrogens with one attached hydrogen (secondary N) is 2. The normalized spacial score (nSPS) is 12.0. The first kappa shape index (κ1) is 28.9. The maximum atomic E-state index is 12.1. The molecule has 0 saturated heterocycles. The molecule has 0 aliphatic carbocycles. The van der Waals surface area contributed by atoms with Gasteiger partial charge in [-0.05, 0) is 44.6 Å². The molecule has 0 aromatic heterocycles. The second-order valence-electron chi connectivity index (χ2n) is 7.35. The van der Waals surface area contributed by atoms with E-state index in [0.29, 0.717) is 12.1 Å². The summed E-state index contributed by atoms with van der Waals surface area (Å²) in [6, 6.07) is 7.31. The molecule has 1 aromatic carbocycles. The van der Waals surface area contributed by atoms with Crippen LogP contribution in [-0.4, -0.2) is 57.9 Å². The highest BCUT2D eigenvalue weighted by Crippen LogP contribution is 2.15. The van der Waals surface area contributed by atoms with Gasteiger partial charge in [-0.25, -0.2) is 0 Å². The molecule has 0 saturated carbocycles. The van der Waals surface area contributed by atoms with Gasteiger partial charge in [0, 0.05) is 20.1 Å². The van der Waals surface area contributed by atoms with E-state index < -0.39 is 12.8 Å². The summed E-state index contributed by atoms with van der Waals surface area (Å²) in [7, 11) is 5.94. The Labute approximate surface area is 195 Å². The molecule has 2 N–H and O–H groups in total. The van der Waals surface area contributed by atoms with Crippen molar-refractivity contribution in [1.82, 2.24) is 15.5 Å². The van der Waals surface area contributed by atoms with E-state index in [-0.39, 0.29) is 30.6 Å². The maximum absolute atomic E-state index is 12.1. The van der Waals surface area contributed by atoms with Crippen LogP contribution in [-0.2, 0) is 17.9 Å². The van der Waals surface area contributed by atoms with Gasteiger partial charge < -0.3 is 20.3 Å². The number of guanidine groups is 1. The third-order valence-electron chi connectivity index (χ3n) is 4.32. The fraction of sp³-hybridized carbons (Fsp3) is 0.667. The lowest BCUT2D eigenvalue weighted by Gasteiger charge is -2.13. The number of benzene rings is 1. The first-order valence-electron chi connectivity index (χ1n) is 10.1. The van der Waals surface area contributed by atoms with Crippen LogP contribution in [0.3, 0.4) is 0 Å². The summed E-state index contributed by atoms with van der Waals surface area (Å²) in [4.78, 5) is 6.43. The number of aliphatic imine (C=N–C) groups is 1. The minimum absolute atomic E-state index is 0.